The van der Waals surface area contributed by atoms with Crippen LogP contribution in [0.1, 0.15) is 18.9 Å². The van der Waals surface area contributed by atoms with Crippen molar-refractivity contribution in [3.8, 4) is 0 Å². The first-order chi connectivity index (χ1) is 7.04. The molecule has 1 amide bonds. The van der Waals surface area contributed by atoms with E-state index in [4.69, 9.17) is 11.6 Å². The molecule has 1 atom stereocenters. The quantitative estimate of drug-likeness (QED) is 0.844. The van der Waals surface area contributed by atoms with Crippen molar-refractivity contribution >= 4 is 39.1 Å². The van der Waals surface area contributed by atoms with E-state index in [1.165, 1.54) is 0 Å². The van der Waals surface area contributed by atoms with Crippen molar-refractivity contribution < 1.29 is 4.79 Å². The van der Waals surface area contributed by atoms with Gasteiger partial charge in [-0.1, -0.05) is 34.5 Å². The van der Waals surface area contributed by atoms with Gasteiger partial charge in [0.2, 0.25) is 5.91 Å². The molecule has 4 heteroatoms. The van der Waals surface area contributed by atoms with Crippen LogP contribution in [-0.4, -0.2) is 10.7 Å². The maximum atomic E-state index is 11.6. The summed E-state index contributed by atoms with van der Waals surface area (Å²) in [7, 11) is 0. The number of nitrogens with one attached hydrogen (secondary N) is 1. The van der Waals surface area contributed by atoms with E-state index in [1.807, 2.05) is 26.0 Å². The fourth-order valence-electron chi connectivity index (χ4n) is 1.16. The van der Waals surface area contributed by atoms with Crippen molar-refractivity contribution in [2.75, 3.05) is 5.32 Å². The Morgan fingerprint density at radius 2 is 2.27 bits per heavy atom. The van der Waals surface area contributed by atoms with Crippen molar-refractivity contribution in [1.82, 2.24) is 0 Å². The molecule has 1 aromatic rings. The normalized spacial score (nSPS) is 12.3. The Bertz CT molecular complexity index is 368. The Kier molecular flexibility index (Phi) is 4.61. The van der Waals surface area contributed by atoms with E-state index in [0.29, 0.717) is 5.02 Å². The second-order valence-corrected chi connectivity index (χ2v) is 4.87. The molecular weight excluding hydrogens is 277 g/mol. The fraction of sp³-hybridized carbons (Fsp3) is 0.364. The highest BCUT2D eigenvalue weighted by molar-refractivity contribution is 9.10. The summed E-state index contributed by atoms with van der Waals surface area (Å²) in [5, 5.41) is 3.52. The van der Waals surface area contributed by atoms with E-state index in [0.717, 1.165) is 17.7 Å². The van der Waals surface area contributed by atoms with Gasteiger partial charge in [-0.2, -0.15) is 0 Å². The number of alkyl halides is 1. The number of carbonyl (C=O) groups excluding carboxylic acids is 1. The van der Waals surface area contributed by atoms with Gasteiger partial charge in [0, 0.05) is 10.7 Å². The van der Waals surface area contributed by atoms with Crippen molar-refractivity contribution in [2.45, 2.75) is 25.1 Å². The maximum absolute atomic E-state index is 11.6. The minimum Gasteiger partial charge on any atom is -0.325 e. The van der Waals surface area contributed by atoms with Gasteiger partial charge in [0.1, 0.15) is 0 Å². The number of amides is 1. The lowest BCUT2D eigenvalue weighted by molar-refractivity contribution is -0.115. The summed E-state index contributed by atoms with van der Waals surface area (Å²) in [5.74, 6) is -0.0251. The molecule has 0 bridgehead atoms. The fourth-order valence-corrected chi connectivity index (χ4v) is 1.50. The van der Waals surface area contributed by atoms with Gasteiger partial charge in [-0.05, 0) is 37.1 Å². The first-order valence-electron chi connectivity index (χ1n) is 4.75. The molecule has 0 fully saturated rings. The van der Waals surface area contributed by atoms with Crippen molar-refractivity contribution in [3.05, 3.63) is 28.8 Å². The average Bonchev–Trinajstić information content (AvgIpc) is 2.20. The van der Waals surface area contributed by atoms with Crippen LogP contribution in [0.4, 0.5) is 5.69 Å². The molecule has 82 valence electrons. The van der Waals surface area contributed by atoms with E-state index >= 15 is 0 Å². The number of hydrogen-bond donors (Lipinski definition) is 1. The zero-order valence-electron chi connectivity index (χ0n) is 8.68. The number of benzene rings is 1. The van der Waals surface area contributed by atoms with Crippen LogP contribution in [0, 0.1) is 6.92 Å². The number of carbonyl (C=O) groups is 1. The number of hydrogen-bond acceptors (Lipinski definition) is 1. The van der Waals surface area contributed by atoms with Gasteiger partial charge in [-0.15, -0.1) is 0 Å². The molecule has 0 aliphatic rings. The zero-order valence-corrected chi connectivity index (χ0v) is 11.0. The topological polar surface area (TPSA) is 29.1 Å². The predicted octanol–water partition coefficient (Wildman–Crippen LogP) is 3.76. The lowest BCUT2D eigenvalue weighted by Gasteiger charge is -2.11. The van der Waals surface area contributed by atoms with E-state index in [1.54, 1.807) is 6.07 Å². The zero-order chi connectivity index (χ0) is 11.4. The molecule has 2 nitrogen and oxygen atoms in total. The number of aryl methyl sites for hydroxylation is 1. The summed E-state index contributed by atoms with van der Waals surface area (Å²) < 4.78 is 0. The third kappa shape index (κ3) is 3.50. The van der Waals surface area contributed by atoms with Crippen LogP contribution in [0.3, 0.4) is 0 Å². The van der Waals surface area contributed by atoms with E-state index in [2.05, 4.69) is 21.2 Å². The van der Waals surface area contributed by atoms with Crippen molar-refractivity contribution in [1.29, 1.82) is 0 Å². The van der Waals surface area contributed by atoms with Crippen LogP contribution in [-0.2, 0) is 4.79 Å². The Morgan fingerprint density at radius 1 is 1.60 bits per heavy atom. The van der Waals surface area contributed by atoms with Gasteiger partial charge in [0.25, 0.3) is 0 Å². The van der Waals surface area contributed by atoms with Crippen LogP contribution >= 0.6 is 27.5 Å². The van der Waals surface area contributed by atoms with E-state index in [9.17, 15) is 4.79 Å². The SMILES string of the molecule is CCC(Br)C(=O)Nc1ccc(Cl)cc1C. The number of halogens is 2. The molecule has 0 aliphatic carbocycles. The number of rotatable bonds is 3. The van der Waals surface area contributed by atoms with Gasteiger partial charge < -0.3 is 5.32 Å². The Labute approximate surface area is 103 Å². The van der Waals surface area contributed by atoms with Crippen LogP contribution in [0.15, 0.2) is 18.2 Å². The molecule has 1 N–H and O–H groups in total. The molecule has 1 aromatic carbocycles. The third-order valence-corrected chi connectivity index (χ3v) is 3.39. The molecule has 1 rings (SSSR count). The van der Waals surface area contributed by atoms with Gasteiger partial charge in [-0.25, -0.2) is 0 Å². The van der Waals surface area contributed by atoms with E-state index in [-0.39, 0.29) is 10.7 Å². The van der Waals surface area contributed by atoms with Crippen molar-refractivity contribution in [2.24, 2.45) is 0 Å². The largest absolute Gasteiger partial charge is 0.325 e. The maximum Gasteiger partial charge on any atom is 0.238 e. The van der Waals surface area contributed by atoms with Gasteiger partial charge in [0.05, 0.1) is 4.83 Å². The summed E-state index contributed by atoms with van der Waals surface area (Å²) in [4.78, 5) is 11.4. The molecule has 0 saturated carbocycles. The molecule has 0 heterocycles. The molecule has 15 heavy (non-hydrogen) atoms. The summed E-state index contributed by atoms with van der Waals surface area (Å²) in [6, 6.07) is 5.40. The minimum absolute atomic E-state index is 0.0251. The molecule has 1 unspecified atom stereocenters. The lowest BCUT2D eigenvalue weighted by Crippen LogP contribution is -2.22. The summed E-state index contributed by atoms with van der Waals surface area (Å²) in [6.45, 7) is 3.87. The first-order valence-corrected chi connectivity index (χ1v) is 6.05. The standard InChI is InChI=1S/C11H13BrClNO/c1-3-9(12)11(15)14-10-5-4-8(13)6-7(10)2/h4-6,9H,3H2,1-2H3,(H,14,15). The first kappa shape index (κ1) is 12.5. The Hall–Kier alpha value is -0.540. The summed E-state index contributed by atoms with van der Waals surface area (Å²) in [5.41, 5.74) is 1.77. The Balaban J connectivity index is 2.77. The molecule has 0 radical (unpaired) electrons. The second-order valence-electron chi connectivity index (χ2n) is 3.32. The highest BCUT2D eigenvalue weighted by Gasteiger charge is 2.13. The lowest BCUT2D eigenvalue weighted by atomic mass is 10.2. The summed E-state index contributed by atoms with van der Waals surface area (Å²) in [6.07, 6.45) is 0.762. The van der Waals surface area contributed by atoms with E-state index < -0.39 is 0 Å². The van der Waals surface area contributed by atoms with Crippen LogP contribution in [0.25, 0.3) is 0 Å². The molecule has 0 saturated heterocycles. The highest BCUT2D eigenvalue weighted by atomic mass is 79.9. The van der Waals surface area contributed by atoms with Gasteiger partial charge >= 0.3 is 0 Å². The van der Waals surface area contributed by atoms with Gasteiger partial charge in [0.15, 0.2) is 0 Å². The average molecular weight is 291 g/mol. The molecular formula is C11H13BrClNO. The summed E-state index contributed by atoms with van der Waals surface area (Å²) >= 11 is 9.12. The molecule has 0 aliphatic heterocycles. The third-order valence-electron chi connectivity index (χ3n) is 2.09. The monoisotopic (exact) mass is 289 g/mol. The molecule has 0 aromatic heterocycles. The van der Waals surface area contributed by atoms with Crippen molar-refractivity contribution in [3.63, 3.8) is 0 Å². The van der Waals surface area contributed by atoms with Crippen LogP contribution < -0.4 is 5.32 Å². The Morgan fingerprint density at radius 3 is 2.80 bits per heavy atom. The predicted molar refractivity (Wildman–Crippen MR) is 67.8 cm³/mol. The minimum atomic E-state index is -0.146. The van der Waals surface area contributed by atoms with Crippen LogP contribution in [0.2, 0.25) is 5.02 Å². The van der Waals surface area contributed by atoms with Crippen LogP contribution in [0.5, 0.6) is 0 Å². The molecule has 0 spiro atoms. The smallest absolute Gasteiger partial charge is 0.238 e. The number of anilines is 1. The highest BCUT2D eigenvalue weighted by Crippen LogP contribution is 2.20. The second kappa shape index (κ2) is 5.52. The van der Waals surface area contributed by atoms with Gasteiger partial charge in [-0.3, -0.25) is 4.79 Å².